The summed E-state index contributed by atoms with van der Waals surface area (Å²) in [5.74, 6) is -0.0437. The van der Waals surface area contributed by atoms with E-state index in [1.54, 1.807) is 0 Å². The lowest BCUT2D eigenvalue weighted by atomic mass is 9.98. The molecule has 1 aromatic heterocycles. The molecule has 0 amide bonds. The van der Waals surface area contributed by atoms with Gasteiger partial charge < -0.3 is 0 Å². The molecule has 1 aliphatic rings. The van der Waals surface area contributed by atoms with Crippen LogP contribution in [0.1, 0.15) is 68.4 Å². The second-order valence-electron chi connectivity index (χ2n) is 4.17. The number of aromatic amines is 1. The molecule has 1 aromatic rings. The molecule has 0 atom stereocenters. The van der Waals surface area contributed by atoms with Gasteiger partial charge in [-0.2, -0.15) is 5.10 Å². The number of nitrogens with zero attached hydrogens (tertiary/aromatic N) is 1. The van der Waals surface area contributed by atoms with E-state index < -0.39 is 0 Å². The van der Waals surface area contributed by atoms with Crippen molar-refractivity contribution in [2.45, 2.75) is 52.4 Å². The van der Waals surface area contributed by atoms with Gasteiger partial charge in [0.15, 0.2) is 5.78 Å². The van der Waals surface area contributed by atoms with E-state index in [4.69, 9.17) is 11.6 Å². The Hall–Kier alpha value is -1.16. The molecular formula is C13H19ClN2O2. The first kappa shape index (κ1) is 14.9. The first-order valence-electron chi connectivity index (χ1n) is 6.40. The van der Waals surface area contributed by atoms with E-state index in [1.807, 2.05) is 13.8 Å². The number of aromatic nitrogens is 2. The molecule has 5 heteroatoms. The van der Waals surface area contributed by atoms with Gasteiger partial charge in [0.05, 0.1) is 5.02 Å². The van der Waals surface area contributed by atoms with Gasteiger partial charge in [-0.1, -0.05) is 38.3 Å². The number of rotatable bonds is 2. The van der Waals surface area contributed by atoms with E-state index in [0.29, 0.717) is 5.56 Å². The SMILES string of the molecule is CC.CC(=O)c1n[nH]c(=O)c(C2CCCC2)c1Cl. The van der Waals surface area contributed by atoms with Gasteiger partial charge in [-0.25, -0.2) is 5.10 Å². The number of hydrogen-bond donors (Lipinski definition) is 1. The molecule has 1 N–H and O–H groups in total. The molecule has 1 fully saturated rings. The number of carbonyl (C=O) groups is 1. The van der Waals surface area contributed by atoms with E-state index in [-0.39, 0.29) is 28.0 Å². The predicted octanol–water partition coefficient (Wildman–Crippen LogP) is 3.31. The number of nitrogens with one attached hydrogen (secondary N) is 1. The first-order valence-corrected chi connectivity index (χ1v) is 6.78. The minimum absolute atomic E-state index is 0.170. The van der Waals surface area contributed by atoms with Crippen molar-refractivity contribution in [3.05, 3.63) is 26.6 Å². The number of ketones is 1. The Morgan fingerprint density at radius 2 is 1.89 bits per heavy atom. The normalized spacial score (nSPS) is 15.1. The minimum Gasteiger partial charge on any atom is -0.293 e. The van der Waals surface area contributed by atoms with Crippen LogP contribution in [-0.4, -0.2) is 16.0 Å². The molecule has 18 heavy (non-hydrogen) atoms. The molecule has 1 aliphatic carbocycles. The second-order valence-corrected chi connectivity index (χ2v) is 4.54. The molecule has 4 nitrogen and oxygen atoms in total. The van der Waals surface area contributed by atoms with E-state index in [0.717, 1.165) is 25.7 Å². The Bertz CT molecular complexity index is 476. The van der Waals surface area contributed by atoms with Gasteiger partial charge in [-0.05, 0) is 18.8 Å². The Morgan fingerprint density at radius 3 is 2.39 bits per heavy atom. The van der Waals surface area contributed by atoms with E-state index in [1.165, 1.54) is 6.92 Å². The van der Waals surface area contributed by atoms with Crippen molar-refractivity contribution in [3.63, 3.8) is 0 Å². The molecule has 0 bridgehead atoms. The number of halogens is 1. The van der Waals surface area contributed by atoms with Gasteiger partial charge in [0.25, 0.3) is 5.56 Å². The maximum absolute atomic E-state index is 11.7. The van der Waals surface area contributed by atoms with Crippen LogP contribution in [0, 0.1) is 0 Å². The number of hydrogen-bond acceptors (Lipinski definition) is 3. The highest BCUT2D eigenvalue weighted by Gasteiger charge is 2.25. The van der Waals surface area contributed by atoms with Crippen molar-refractivity contribution < 1.29 is 4.79 Å². The van der Waals surface area contributed by atoms with Gasteiger partial charge in [0, 0.05) is 12.5 Å². The molecule has 0 radical (unpaired) electrons. The molecule has 0 unspecified atom stereocenters. The van der Waals surface area contributed by atoms with Gasteiger partial charge in [0.2, 0.25) is 0 Å². The average Bonchev–Trinajstić information content (AvgIpc) is 2.85. The van der Waals surface area contributed by atoms with Crippen LogP contribution in [0.15, 0.2) is 4.79 Å². The lowest BCUT2D eigenvalue weighted by molar-refractivity contribution is 0.101. The zero-order valence-electron chi connectivity index (χ0n) is 11.0. The van der Waals surface area contributed by atoms with E-state index in [2.05, 4.69) is 10.2 Å². The highest BCUT2D eigenvalue weighted by atomic mass is 35.5. The fraction of sp³-hybridized carbons (Fsp3) is 0.615. The fourth-order valence-electron chi connectivity index (χ4n) is 2.26. The Morgan fingerprint density at radius 1 is 1.33 bits per heavy atom. The molecule has 0 saturated heterocycles. The van der Waals surface area contributed by atoms with Gasteiger partial charge in [-0.15, -0.1) is 0 Å². The zero-order chi connectivity index (χ0) is 13.7. The summed E-state index contributed by atoms with van der Waals surface area (Å²) in [6.07, 6.45) is 4.14. The van der Waals surface area contributed by atoms with Gasteiger partial charge in [-0.3, -0.25) is 9.59 Å². The Labute approximate surface area is 112 Å². The minimum atomic E-state index is -0.262. The third-order valence-electron chi connectivity index (χ3n) is 3.06. The number of carbonyl (C=O) groups excluding carboxylic acids is 1. The van der Waals surface area contributed by atoms with E-state index >= 15 is 0 Å². The maximum atomic E-state index is 11.7. The molecule has 0 aliphatic heterocycles. The summed E-state index contributed by atoms with van der Waals surface area (Å²) in [6, 6.07) is 0. The Balaban J connectivity index is 0.000000771. The number of Topliss-reactive ketones (excluding diaryl/α,β-unsaturated/α-hetero) is 1. The summed E-state index contributed by atoms with van der Waals surface area (Å²) < 4.78 is 0. The third-order valence-corrected chi connectivity index (χ3v) is 3.44. The smallest absolute Gasteiger partial charge is 0.269 e. The summed E-state index contributed by atoms with van der Waals surface area (Å²) >= 11 is 6.09. The summed E-state index contributed by atoms with van der Waals surface area (Å²) in [4.78, 5) is 23.0. The third kappa shape index (κ3) is 2.99. The van der Waals surface area contributed by atoms with Crippen LogP contribution in [-0.2, 0) is 0 Å². The van der Waals surface area contributed by atoms with Crippen LogP contribution < -0.4 is 5.56 Å². The fourth-order valence-corrected chi connectivity index (χ4v) is 2.67. The molecular weight excluding hydrogens is 252 g/mol. The molecule has 1 heterocycles. The first-order chi connectivity index (χ1) is 8.61. The van der Waals surface area contributed by atoms with Crippen molar-refractivity contribution in [3.8, 4) is 0 Å². The van der Waals surface area contributed by atoms with Crippen LogP contribution in [0.2, 0.25) is 5.02 Å². The zero-order valence-corrected chi connectivity index (χ0v) is 11.8. The quantitative estimate of drug-likeness (QED) is 0.839. The van der Waals surface area contributed by atoms with Crippen molar-refractivity contribution in [2.75, 3.05) is 0 Å². The monoisotopic (exact) mass is 270 g/mol. The average molecular weight is 271 g/mol. The molecule has 100 valence electrons. The van der Waals surface area contributed by atoms with Crippen LogP contribution in [0.5, 0.6) is 0 Å². The van der Waals surface area contributed by atoms with Crippen LogP contribution >= 0.6 is 11.6 Å². The lowest BCUT2D eigenvalue weighted by Gasteiger charge is -2.11. The van der Waals surface area contributed by atoms with E-state index in [9.17, 15) is 9.59 Å². The van der Waals surface area contributed by atoms with Gasteiger partial charge >= 0.3 is 0 Å². The van der Waals surface area contributed by atoms with Crippen molar-refractivity contribution in [1.82, 2.24) is 10.2 Å². The highest BCUT2D eigenvalue weighted by Crippen LogP contribution is 2.36. The Kier molecular flexibility index (Phi) is 5.54. The molecule has 0 spiro atoms. The van der Waals surface area contributed by atoms with Crippen molar-refractivity contribution >= 4 is 17.4 Å². The second kappa shape index (κ2) is 6.69. The molecule has 2 rings (SSSR count). The lowest BCUT2D eigenvalue weighted by Crippen LogP contribution is -2.20. The molecule has 1 saturated carbocycles. The highest BCUT2D eigenvalue weighted by molar-refractivity contribution is 6.34. The van der Waals surface area contributed by atoms with Crippen molar-refractivity contribution in [2.24, 2.45) is 0 Å². The largest absolute Gasteiger partial charge is 0.293 e. The number of H-pyrrole nitrogens is 1. The van der Waals surface area contributed by atoms with Crippen LogP contribution in [0.25, 0.3) is 0 Å². The summed E-state index contributed by atoms with van der Waals surface area (Å²) in [6.45, 7) is 5.39. The van der Waals surface area contributed by atoms with Crippen molar-refractivity contribution in [1.29, 1.82) is 0 Å². The predicted molar refractivity (Wildman–Crippen MR) is 72.4 cm³/mol. The standard InChI is InChI=1S/C11H13ClN2O2.C2H6/c1-6(15)10-9(12)8(11(16)14-13-10)7-4-2-3-5-7;1-2/h7H,2-5H2,1H3,(H,14,16);1-2H3. The summed E-state index contributed by atoms with van der Waals surface area (Å²) in [5.41, 5.74) is 0.449. The maximum Gasteiger partial charge on any atom is 0.269 e. The summed E-state index contributed by atoms with van der Waals surface area (Å²) in [5, 5.41) is 6.29. The van der Waals surface area contributed by atoms with Crippen LogP contribution in [0.3, 0.4) is 0 Å². The summed E-state index contributed by atoms with van der Waals surface area (Å²) in [7, 11) is 0. The van der Waals surface area contributed by atoms with Crippen LogP contribution in [0.4, 0.5) is 0 Å². The van der Waals surface area contributed by atoms with Gasteiger partial charge in [0.1, 0.15) is 5.69 Å². The molecule has 0 aromatic carbocycles. The topological polar surface area (TPSA) is 62.8 Å².